The third kappa shape index (κ3) is 2.96. The Morgan fingerprint density at radius 1 is 1.32 bits per heavy atom. The lowest BCUT2D eigenvalue weighted by atomic mass is 10.0. The molecule has 1 amide bonds. The van der Waals surface area contributed by atoms with E-state index in [-0.39, 0.29) is 35.9 Å². The molecule has 4 heterocycles. The van der Waals surface area contributed by atoms with E-state index in [1.807, 2.05) is 13.0 Å². The van der Waals surface area contributed by atoms with Crippen molar-refractivity contribution >= 4 is 16.9 Å². The maximum absolute atomic E-state index is 12.8. The maximum Gasteiger partial charge on any atom is 0.273 e. The number of fused-ring (bicyclic) bond motifs is 1. The van der Waals surface area contributed by atoms with Crippen LogP contribution in [0.3, 0.4) is 0 Å². The number of carbonyl (C=O) groups excluding carboxylic acids is 1. The van der Waals surface area contributed by atoms with Gasteiger partial charge in [0.05, 0.1) is 17.1 Å². The number of aromatic nitrogens is 4. The summed E-state index contributed by atoms with van der Waals surface area (Å²) < 4.78 is 6.85. The van der Waals surface area contributed by atoms with E-state index >= 15 is 0 Å². The molecule has 3 aromatic heterocycles. The van der Waals surface area contributed by atoms with Gasteiger partial charge >= 0.3 is 0 Å². The van der Waals surface area contributed by atoms with Crippen molar-refractivity contribution in [2.75, 3.05) is 6.54 Å². The number of nitrogens with one attached hydrogen (secondary N) is 2. The number of H-pyrrole nitrogens is 2. The minimum absolute atomic E-state index is 0.0302. The second kappa shape index (κ2) is 6.81. The van der Waals surface area contributed by atoms with Crippen LogP contribution in [0.25, 0.3) is 11.0 Å². The van der Waals surface area contributed by atoms with Crippen molar-refractivity contribution in [3.63, 3.8) is 0 Å². The van der Waals surface area contributed by atoms with Gasteiger partial charge in [-0.05, 0) is 38.7 Å². The Morgan fingerprint density at radius 2 is 2.11 bits per heavy atom. The number of nitrogens with zero attached hydrogens (tertiary/aromatic N) is 3. The molecule has 0 saturated carbocycles. The van der Waals surface area contributed by atoms with Gasteiger partial charge in [-0.15, -0.1) is 0 Å². The molecule has 0 aromatic carbocycles. The lowest BCUT2D eigenvalue weighted by Gasteiger charge is -2.22. The molecule has 0 bridgehead atoms. The SMILES string of the molecule is Cc1cc([C@H]2CCCN2C(=O)CCc2c(C)c3c(=O)[nH]n(C)c3[nH]c2=O)on1. The monoisotopic (exact) mass is 385 g/mol. The number of rotatable bonds is 4. The van der Waals surface area contributed by atoms with Gasteiger partial charge in [0.25, 0.3) is 11.1 Å². The first-order chi connectivity index (χ1) is 13.4. The number of likely N-dealkylation sites (tertiary alicyclic amines) is 1. The molecule has 28 heavy (non-hydrogen) atoms. The van der Waals surface area contributed by atoms with Crippen LogP contribution in [0.1, 0.15) is 47.9 Å². The molecule has 0 aliphatic carbocycles. The number of amides is 1. The summed E-state index contributed by atoms with van der Waals surface area (Å²) >= 11 is 0. The summed E-state index contributed by atoms with van der Waals surface area (Å²) in [6, 6.07) is 1.76. The number of hydrogen-bond donors (Lipinski definition) is 2. The first kappa shape index (κ1) is 18.3. The van der Waals surface area contributed by atoms with E-state index in [0.29, 0.717) is 34.5 Å². The predicted molar refractivity (Wildman–Crippen MR) is 102 cm³/mol. The van der Waals surface area contributed by atoms with Gasteiger partial charge in [-0.2, -0.15) is 0 Å². The second-order valence-electron chi connectivity index (χ2n) is 7.40. The summed E-state index contributed by atoms with van der Waals surface area (Å²) in [6.45, 7) is 4.27. The van der Waals surface area contributed by atoms with Gasteiger partial charge in [0.15, 0.2) is 5.76 Å². The van der Waals surface area contributed by atoms with Crippen LogP contribution in [0.2, 0.25) is 0 Å². The molecular weight excluding hydrogens is 362 g/mol. The highest BCUT2D eigenvalue weighted by Gasteiger charge is 2.32. The van der Waals surface area contributed by atoms with Crippen molar-refractivity contribution in [2.45, 2.75) is 45.6 Å². The molecule has 2 N–H and O–H groups in total. The van der Waals surface area contributed by atoms with Crippen LogP contribution in [-0.4, -0.2) is 37.3 Å². The van der Waals surface area contributed by atoms with E-state index in [0.717, 1.165) is 18.5 Å². The summed E-state index contributed by atoms with van der Waals surface area (Å²) in [7, 11) is 1.67. The van der Waals surface area contributed by atoms with Crippen molar-refractivity contribution in [2.24, 2.45) is 7.05 Å². The average Bonchev–Trinajstić information content (AvgIpc) is 3.34. The summed E-state index contributed by atoms with van der Waals surface area (Å²) in [5.74, 6) is 0.673. The Bertz CT molecular complexity index is 1170. The number of carbonyl (C=O) groups is 1. The fourth-order valence-electron chi connectivity index (χ4n) is 4.12. The van der Waals surface area contributed by atoms with Crippen LogP contribution < -0.4 is 11.1 Å². The fourth-order valence-corrected chi connectivity index (χ4v) is 4.12. The van der Waals surface area contributed by atoms with Crippen LogP contribution >= 0.6 is 0 Å². The molecule has 0 radical (unpaired) electrons. The molecule has 1 fully saturated rings. The zero-order valence-electron chi connectivity index (χ0n) is 16.2. The Labute approximate surface area is 160 Å². The molecule has 0 unspecified atom stereocenters. The van der Waals surface area contributed by atoms with Gasteiger partial charge in [-0.25, -0.2) is 0 Å². The fraction of sp³-hybridized carbons (Fsp3) is 0.474. The molecule has 4 rings (SSSR count). The lowest BCUT2D eigenvalue weighted by molar-refractivity contribution is -0.132. The molecular formula is C19H23N5O4. The summed E-state index contributed by atoms with van der Waals surface area (Å²) in [5.41, 5.74) is 1.83. The molecule has 148 valence electrons. The Balaban J connectivity index is 1.56. The van der Waals surface area contributed by atoms with Crippen LogP contribution in [0, 0.1) is 13.8 Å². The average molecular weight is 385 g/mol. The summed E-state index contributed by atoms with van der Waals surface area (Å²) in [4.78, 5) is 42.0. The van der Waals surface area contributed by atoms with Gasteiger partial charge < -0.3 is 14.4 Å². The molecule has 1 saturated heterocycles. The number of hydrogen-bond acceptors (Lipinski definition) is 5. The highest BCUT2D eigenvalue weighted by molar-refractivity contribution is 5.80. The third-order valence-corrected chi connectivity index (χ3v) is 5.54. The van der Waals surface area contributed by atoms with Crippen LogP contribution in [0.5, 0.6) is 0 Å². The standard InChI is InChI=1S/C19H23N5O4/c1-10-9-14(28-22-10)13-5-4-8-24(13)15(25)7-6-12-11(2)16-17(20-18(12)26)23(3)21-19(16)27/h9,13H,4-8H2,1-3H3,(H,20,26)(H,21,27)/t13-/m1/s1. The number of aromatic amines is 2. The van der Waals surface area contributed by atoms with Crippen molar-refractivity contribution in [1.29, 1.82) is 0 Å². The van der Waals surface area contributed by atoms with Crippen molar-refractivity contribution in [3.8, 4) is 0 Å². The molecule has 3 aromatic rings. The maximum atomic E-state index is 12.8. The van der Waals surface area contributed by atoms with Crippen molar-refractivity contribution < 1.29 is 9.32 Å². The first-order valence-electron chi connectivity index (χ1n) is 9.40. The normalized spacial score (nSPS) is 17.0. The second-order valence-corrected chi connectivity index (χ2v) is 7.40. The first-order valence-corrected chi connectivity index (χ1v) is 9.40. The molecule has 0 spiro atoms. The smallest absolute Gasteiger partial charge is 0.273 e. The Hall–Kier alpha value is -3.10. The van der Waals surface area contributed by atoms with Crippen molar-refractivity contribution in [3.05, 3.63) is 49.4 Å². The third-order valence-electron chi connectivity index (χ3n) is 5.54. The Kier molecular flexibility index (Phi) is 4.44. The molecule has 9 nitrogen and oxygen atoms in total. The topological polar surface area (TPSA) is 117 Å². The minimum Gasteiger partial charge on any atom is -0.359 e. The van der Waals surface area contributed by atoms with Crippen molar-refractivity contribution in [1.82, 2.24) is 24.8 Å². The van der Waals surface area contributed by atoms with Crippen LogP contribution in [0.15, 0.2) is 20.2 Å². The van der Waals surface area contributed by atoms with Gasteiger partial charge in [-0.1, -0.05) is 5.16 Å². The van der Waals surface area contributed by atoms with Crippen LogP contribution in [-0.2, 0) is 18.3 Å². The Morgan fingerprint density at radius 3 is 2.82 bits per heavy atom. The largest absolute Gasteiger partial charge is 0.359 e. The quantitative estimate of drug-likeness (QED) is 0.705. The molecule has 9 heteroatoms. The van der Waals surface area contributed by atoms with E-state index in [2.05, 4.69) is 15.2 Å². The summed E-state index contributed by atoms with van der Waals surface area (Å²) in [5, 5.41) is 7.02. The summed E-state index contributed by atoms with van der Waals surface area (Å²) in [6.07, 6.45) is 2.22. The van der Waals surface area contributed by atoms with Gasteiger partial charge in [-0.3, -0.25) is 24.2 Å². The lowest BCUT2D eigenvalue weighted by Crippen LogP contribution is -2.31. The van der Waals surface area contributed by atoms with Gasteiger partial charge in [0.1, 0.15) is 5.65 Å². The van der Waals surface area contributed by atoms with E-state index < -0.39 is 0 Å². The zero-order chi connectivity index (χ0) is 20.0. The zero-order valence-corrected chi connectivity index (χ0v) is 16.2. The molecule has 1 atom stereocenters. The highest BCUT2D eigenvalue weighted by Crippen LogP contribution is 2.32. The van der Waals surface area contributed by atoms with E-state index in [1.165, 1.54) is 4.68 Å². The van der Waals surface area contributed by atoms with E-state index in [9.17, 15) is 14.4 Å². The highest BCUT2D eigenvalue weighted by atomic mass is 16.5. The van der Waals surface area contributed by atoms with E-state index in [4.69, 9.17) is 4.52 Å². The van der Waals surface area contributed by atoms with Crippen LogP contribution in [0.4, 0.5) is 0 Å². The molecule has 1 aliphatic rings. The van der Waals surface area contributed by atoms with Gasteiger partial charge in [0, 0.05) is 31.6 Å². The van der Waals surface area contributed by atoms with Gasteiger partial charge in [0.2, 0.25) is 5.91 Å². The van der Waals surface area contributed by atoms with E-state index in [1.54, 1.807) is 18.9 Å². The number of pyridine rings is 1. The predicted octanol–water partition coefficient (Wildman–Crippen LogP) is 1.46. The molecule has 1 aliphatic heterocycles. The minimum atomic E-state index is -0.267. The number of aryl methyl sites for hydroxylation is 3.